The molecule has 0 unspecified atom stereocenters. The van der Waals surface area contributed by atoms with Gasteiger partial charge in [-0.15, -0.1) is 0 Å². The maximum atomic E-state index is 13.5. The summed E-state index contributed by atoms with van der Waals surface area (Å²) in [7, 11) is 0. The van der Waals surface area contributed by atoms with Crippen molar-refractivity contribution in [3.05, 3.63) is 63.6 Å². The molecular weight excluding hydrogens is 314 g/mol. The Balaban J connectivity index is 2.19. The minimum absolute atomic E-state index is 0.190. The Labute approximate surface area is 117 Å². The summed E-state index contributed by atoms with van der Waals surface area (Å²) >= 11 is 3.26. The zero-order valence-electron chi connectivity index (χ0n) is 9.75. The van der Waals surface area contributed by atoms with Gasteiger partial charge in [0, 0.05) is 16.6 Å². The van der Waals surface area contributed by atoms with Gasteiger partial charge in [-0.3, -0.25) is 0 Å². The summed E-state index contributed by atoms with van der Waals surface area (Å²) in [4.78, 5) is 0. The average molecular weight is 323 g/mol. The Morgan fingerprint density at radius 1 is 1.16 bits per heavy atom. The Morgan fingerprint density at radius 3 is 2.68 bits per heavy atom. The first kappa shape index (κ1) is 13.5. The van der Waals surface area contributed by atoms with Crippen LogP contribution in [0.3, 0.4) is 0 Å². The van der Waals surface area contributed by atoms with Crippen molar-refractivity contribution in [2.75, 3.05) is 5.32 Å². The predicted octanol–water partition coefficient (Wildman–Crippen LogP) is 4.21. The van der Waals surface area contributed by atoms with Crippen molar-refractivity contribution < 1.29 is 8.78 Å². The second kappa shape index (κ2) is 5.81. The molecule has 0 fully saturated rings. The topological polar surface area (TPSA) is 35.8 Å². The monoisotopic (exact) mass is 322 g/mol. The summed E-state index contributed by atoms with van der Waals surface area (Å²) in [5.74, 6) is -0.813. The second-order valence-electron chi connectivity index (χ2n) is 3.89. The Bertz CT molecular complexity index is 650. The van der Waals surface area contributed by atoms with Gasteiger partial charge in [0.25, 0.3) is 0 Å². The molecule has 2 aromatic carbocycles. The van der Waals surface area contributed by atoms with Crippen LogP contribution >= 0.6 is 15.9 Å². The van der Waals surface area contributed by atoms with Crippen molar-refractivity contribution in [1.29, 1.82) is 5.26 Å². The third kappa shape index (κ3) is 3.30. The van der Waals surface area contributed by atoms with Gasteiger partial charge in [0.05, 0.1) is 11.3 Å². The lowest BCUT2D eigenvalue weighted by Crippen LogP contribution is -2.03. The predicted molar refractivity (Wildman–Crippen MR) is 72.5 cm³/mol. The molecule has 5 heteroatoms. The number of nitrogens with one attached hydrogen (secondary N) is 1. The summed E-state index contributed by atoms with van der Waals surface area (Å²) in [6.45, 7) is 0.214. The van der Waals surface area contributed by atoms with Crippen LogP contribution in [-0.2, 0) is 6.54 Å². The number of nitrogens with zero attached hydrogens (tertiary/aromatic N) is 1. The quantitative estimate of drug-likeness (QED) is 0.918. The first-order valence-electron chi connectivity index (χ1n) is 5.47. The molecule has 0 aliphatic carbocycles. The second-order valence-corrected chi connectivity index (χ2v) is 4.81. The molecule has 96 valence electrons. The van der Waals surface area contributed by atoms with Crippen LogP contribution in [0.15, 0.2) is 40.9 Å². The number of anilines is 1. The largest absolute Gasteiger partial charge is 0.380 e. The summed E-state index contributed by atoms with van der Waals surface area (Å²) in [6, 6.07) is 10.4. The maximum absolute atomic E-state index is 13.5. The molecule has 1 N–H and O–H groups in total. The lowest BCUT2D eigenvalue weighted by Gasteiger charge is -2.09. The standard InChI is InChI=1S/C14H9BrF2N2/c15-11-1-3-13(17)10(5-11)8-19-14-4-2-12(16)6-9(14)7-18/h1-6,19H,8H2. The minimum Gasteiger partial charge on any atom is -0.380 e. The molecule has 0 bridgehead atoms. The Hall–Kier alpha value is -1.93. The van der Waals surface area contributed by atoms with Gasteiger partial charge >= 0.3 is 0 Å². The molecule has 2 nitrogen and oxygen atoms in total. The fourth-order valence-electron chi connectivity index (χ4n) is 1.63. The van der Waals surface area contributed by atoms with Crippen molar-refractivity contribution in [1.82, 2.24) is 0 Å². The van der Waals surface area contributed by atoms with E-state index in [0.717, 1.165) is 10.5 Å². The molecule has 0 aromatic heterocycles. The minimum atomic E-state index is -0.476. The van der Waals surface area contributed by atoms with Crippen LogP contribution in [0.5, 0.6) is 0 Å². The summed E-state index contributed by atoms with van der Waals surface area (Å²) in [6.07, 6.45) is 0. The highest BCUT2D eigenvalue weighted by atomic mass is 79.9. The molecular formula is C14H9BrF2N2. The number of rotatable bonds is 3. The SMILES string of the molecule is N#Cc1cc(F)ccc1NCc1cc(Br)ccc1F. The van der Waals surface area contributed by atoms with Gasteiger partial charge in [-0.1, -0.05) is 15.9 Å². The van der Waals surface area contributed by atoms with E-state index in [-0.39, 0.29) is 17.9 Å². The molecule has 0 aliphatic rings. The summed E-state index contributed by atoms with van der Waals surface area (Å²) < 4.78 is 27.3. The average Bonchev–Trinajstić information content (AvgIpc) is 2.40. The zero-order chi connectivity index (χ0) is 13.8. The van der Waals surface area contributed by atoms with E-state index in [1.54, 1.807) is 12.1 Å². The van der Waals surface area contributed by atoms with E-state index in [1.165, 1.54) is 18.2 Å². The smallest absolute Gasteiger partial charge is 0.128 e. The van der Waals surface area contributed by atoms with E-state index in [2.05, 4.69) is 21.2 Å². The summed E-state index contributed by atoms with van der Waals surface area (Å²) in [5, 5.41) is 11.8. The van der Waals surface area contributed by atoms with Gasteiger partial charge in [0.1, 0.15) is 17.7 Å². The zero-order valence-corrected chi connectivity index (χ0v) is 11.3. The van der Waals surface area contributed by atoms with Crippen molar-refractivity contribution in [2.24, 2.45) is 0 Å². The van der Waals surface area contributed by atoms with Crippen molar-refractivity contribution in [3.63, 3.8) is 0 Å². The van der Waals surface area contributed by atoms with E-state index in [9.17, 15) is 8.78 Å². The number of hydrogen-bond acceptors (Lipinski definition) is 2. The fourth-order valence-corrected chi connectivity index (χ4v) is 2.04. The van der Waals surface area contributed by atoms with Crippen molar-refractivity contribution in [2.45, 2.75) is 6.54 Å². The first-order valence-corrected chi connectivity index (χ1v) is 6.27. The number of benzene rings is 2. The molecule has 2 aromatic rings. The van der Waals surface area contributed by atoms with Crippen molar-refractivity contribution >= 4 is 21.6 Å². The number of hydrogen-bond donors (Lipinski definition) is 1. The normalized spacial score (nSPS) is 10.0. The molecule has 0 saturated carbocycles. The molecule has 19 heavy (non-hydrogen) atoms. The molecule has 0 aliphatic heterocycles. The van der Waals surface area contributed by atoms with Gasteiger partial charge in [-0.25, -0.2) is 8.78 Å². The first-order chi connectivity index (χ1) is 9.10. The van der Waals surface area contributed by atoms with Crippen LogP contribution in [0.4, 0.5) is 14.5 Å². The van der Waals surface area contributed by atoms with E-state index >= 15 is 0 Å². The highest BCUT2D eigenvalue weighted by Gasteiger charge is 2.06. The summed E-state index contributed by atoms with van der Waals surface area (Å²) in [5.41, 5.74) is 1.13. The van der Waals surface area contributed by atoms with E-state index in [4.69, 9.17) is 5.26 Å². The van der Waals surface area contributed by atoms with Crippen LogP contribution in [0.25, 0.3) is 0 Å². The molecule has 0 atom stereocenters. The lowest BCUT2D eigenvalue weighted by atomic mass is 10.1. The highest BCUT2D eigenvalue weighted by molar-refractivity contribution is 9.10. The Morgan fingerprint density at radius 2 is 1.95 bits per heavy atom. The van der Waals surface area contributed by atoms with Gasteiger partial charge in [0.2, 0.25) is 0 Å². The number of nitriles is 1. The molecule has 0 saturated heterocycles. The number of halogens is 3. The van der Waals surface area contributed by atoms with Crippen molar-refractivity contribution in [3.8, 4) is 6.07 Å². The van der Waals surface area contributed by atoms with Crippen LogP contribution in [0, 0.1) is 23.0 Å². The van der Waals surface area contributed by atoms with Gasteiger partial charge in [-0.05, 0) is 36.4 Å². The molecule has 0 heterocycles. The molecule has 0 amide bonds. The van der Waals surface area contributed by atoms with Crippen LogP contribution in [-0.4, -0.2) is 0 Å². The van der Waals surface area contributed by atoms with E-state index in [0.29, 0.717) is 11.3 Å². The van der Waals surface area contributed by atoms with E-state index in [1.807, 2.05) is 6.07 Å². The fraction of sp³-hybridized carbons (Fsp3) is 0.0714. The van der Waals surface area contributed by atoms with Gasteiger partial charge < -0.3 is 5.32 Å². The van der Waals surface area contributed by atoms with Crippen LogP contribution < -0.4 is 5.32 Å². The van der Waals surface area contributed by atoms with Gasteiger partial charge in [0.15, 0.2) is 0 Å². The van der Waals surface area contributed by atoms with Crippen LogP contribution in [0.1, 0.15) is 11.1 Å². The Kier molecular flexibility index (Phi) is 4.13. The van der Waals surface area contributed by atoms with Gasteiger partial charge in [-0.2, -0.15) is 5.26 Å². The molecule has 0 radical (unpaired) electrons. The highest BCUT2D eigenvalue weighted by Crippen LogP contribution is 2.20. The van der Waals surface area contributed by atoms with E-state index < -0.39 is 5.82 Å². The third-order valence-electron chi connectivity index (χ3n) is 2.58. The van der Waals surface area contributed by atoms with Crippen LogP contribution in [0.2, 0.25) is 0 Å². The molecule has 2 rings (SSSR count). The lowest BCUT2D eigenvalue weighted by molar-refractivity contribution is 0.612. The third-order valence-corrected chi connectivity index (χ3v) is 3.07. The molecule has 0 spiro atoms. The maximum Gasteiger partial charge on any atom is 0.128 e.